The molecule has 1 aliphatic heterocycles. The summed E-state index contributed by atoms with van der Waals surface area (Å²) in [7, 11) is 0. The summed E-state index contributed by atoms with van der Waals surface area (Å²) in [6.45, 7) is 0.651. The van der Waals surface area contributed by atoms with Gasteiger partial charge in [0.1, 0.15) is 5.54 Å². The summed E-state index contributed by atoms with van der Waals surface area (Å²) in [6, 6.07) is -0.123. The van der Waals surface area contributed by atoms with Gasteiger partial charge in [0.2, 0.25) is 0 Å². The molecule has 0 atom stereocenters. The van der Waals surface area contributed by atoms with Gasteiger partial charge < -0.3 is 5.32 Å². The van der Waals surface area contributed by atoms with E-state index in [1.54, 1.807) is 4.90 Å². The summed E-state index contributed by atoms with van der Waals surface area (Å²) in [6.07, 6.45) is 13.3. The Morgan fingerprint density at radius 1 is 0.957 bits per heavy atom. The second-order valence-corrected chi connectivity index (χ2v) is 9.34. The summed E-state index contributed by atoms with van der Waals surface area (Å²) < 4.78 is 0. The van der Waals surface area contributed by atoms with E-state index in [9.17, 15) is 9.59 Å². The minimum atomic E-state index is -0.529. The van der Waals surface area contributed by atoms with E-state index in [-0.39, 0.29) is 11.9 Å². The summed E-state index contributed by atoms with van der Waals surface area (Å²) in [5.74, 6) is 2.88. The lowest BCUT2D eigenvalue weighted by Gasteiger charge is -2.57. The lowest BCUT2D eigenvalue weighted by Crippen LogP contribution is -2.48. The Morgan fingerprint density at radius 2 is 1.52 bits per heavy atom. The molecule has 5 aliphatic carbocycles. The van der Waals surface area contributed by atoms with Crippen LogP contribution in [0, 0.1) is 23.2 Å². The van der Waals surface area contributed by atoms with Gasteiger partial charge in [-0.3, -0.25) is 9.69 Å². The maximum absolute atomic E-state index is 12.8. The van der Waals surface area contributed by atoms with Crippen LogP contribution in [-0.4, -0.2) is 28.9 Å². The van der Waals surface area contributed by atoms with Crippen molar-refractivity contribution >= 4 is 11.9 Å². The van der Waals surface area contributed by atoms with Crippen LogP contribution in [0.5, 0.6) is 0 Å². The van der Waals surface area contributed by atoms with Gasteiger partial charge in [-0.15, -0.1) is 0 Å². The fraction of sp³-hybridized carbons (Fsp3) is 0.895. The van der Waals surface area contributed by atoms with E-state index in [0.29, 0.717) is 12.0 Å². The highest BCUT2D eigenvalue weighted by Crippen LogP contribution is 2.61. The summed E-state index contributed by atoms with van der Waals surface area (Å²) in [5.41, 5.74) is -0.0840. The molecule has 0 unspecified atom stereocenters. The molecule has 6 fully saturated rings. The Labute approximate surface area is 138 Å². The van der Waals surface area contributed by atoms with Gasteiger partial charge in [0.15, 0.2) is 0 Å². The van der Waals surface area contributed by atoms with Crippen LogP contribution in [0.15, 0.2) is 0 Å². The maximum atomic E-state index is 12.8. The van der Waals surface area contributed by atoms with Crippen molar-refractivity contribution in [2.24, 2.45) is 23.2 Å². The van der Waals surface area contributed by atoms with Gasteiger partial charge in [0.05, 0.1) is 0 Å². The van der Waals surface area contributed by atoms with Crippen molar-refractivity contribution in [2.75, 3.05) is 6.54 Å². The van der Waals surface area contributed by atoms with Gasteiger partial charge in [0, 0.05) is 6.54 Å². The molecule has 6 aliphatic rings. The Hall–Kier alpha value is -1.06. The minimum absolute atomic E-state index is 0.0738. The van der Waals surface area contributed by atoms with Gasteiger partial charge in [-0.1, -0.05) is 12.8 Å². The third kappa shape index (κ3) is 2.09. The van der Waals surface area contributed by atoms with E-state index < -0.39 is 5.54 Å². The number of amides is 3. The number of hydrogen-bond acceptors (Lipinski definition) is 2. The number of nitrogens with one attached hydrogen (secondary N) is 1. The fourth-order valence-electron chi connectivity index (χ4n) is 7.14. The third-order valence-corrected chi connectivity index (χ3v) is 7.73. The molecule has 126 valence electrons. The summed E-state index contributed by atoms with van der Waals surface area (Å²) >= 11 is 0. The first kappa shape index (κ1) is 14.3. The third-order valence-electron chi connectivity index (χ3n) is 7.73. The predicted octanol–water partition coefficient (Wildman–Crippen LogP) is 3.46. The SMILES string of the molecule is O=C1NC2(CCCC2)C(=O)N1CCC12CC3CC(CC(C3)C1)C2. The van der Waals surface area contributed by atoms with Crippen molar-refractivity contribution in [3.05, 3.63) is 0 Å². The van der Waals surface area contributed by atoms with Gasteiger partial charge in [-0.25, -0.2) is 4.79 Å². The number of imide groups is 1. The topological polar surface area (TPSA) is 49.4 Å². The molecular weight excluding hydrogens is 288 g/mol. The van der Waals surface area contributed by atoms with Crippen LogP contribution in [0.2, 0.25) is 0 Å². The molecule has 4 nitrogen and oxygen atoms in total. The highest BCUT2D eigenvalue weighted by Gasteiger charge is 2.54. The van der Waals surface area contributed by atoms with Crippen LogP contribution in [0.4, 0.5) is 4.79 Å². The molecule has 1 heterocycles. The molecule has 4 bridgehead atoms. The lowest BCUT2D eigenvalue weighted by atomic mass is 9.49. The van der Waals surface area contributed by atoms with Gasteiger partial charge >= 0.3 is 6.03 Å². The molecule has 0 radical (unpaired) electrons. The van der Waals surface area contributed by atoms with Gasteiger partial charge in [-0.05, 0) is 81.0 Å². The Bertz CT molecular complexity index is 514. The van der Waals surface area contributed by atoms with Crippen molar-refractivity contribution in [2.45, 2.75) is 76.2 Å². The average molecular weight is 316 g/mol. The molecular formula is C19H28N2O2. The number of nitrogens with zero attached hydrogens (tertiary/aromatic N) is 1. The van der Waals surface area contributed by atoms with Crippen molar-refractivity contribution in [3.63, 3.8) is 0 Å². The molecule has 23 heavy (non-hydrogen) atoms. The summed E-state index contributed by atoms with van der Waals surface area (Å²) in [4.78, 5) is 26.7. The predicted molar refractivity (Wildman–Crippen MR) is 86.7 cm³/mol. The largest absolute Gasteiger partial charge is 0.325 e. The fourth-order valence-corrected chi connectivity index (χ4v) is 7.14. The van der Waals surface area contributed by atoms with Gasteiger partial charge in [0.25, 0.3) is 5.91 Å². The zero-order chi connectivity index (χ0) is 15.7. The second-order valence-electron chi connectivity index (χ2n) is 9.34. The van der Waals surface area contributed by atoms with E-state index in [1.807, 2.05) is 0 Å². The Kier molecular flexibility index (Phi) is 2.94. The van der Waals surface area contributed by atoms with Crippen molar-refractivity contribution in [1.29, 1.82) is 0 Å². The first-order valence-corrected chi connectivity index (χ1v) is 9.72. The molecule has 1 N–H and O–H groups in total. The smallest absolute Gasteiger partial charge is 0.323 e. The highest BCUT2D eigenvalue weighted by atomic mass is 16.2. The van der Waals surface area contributed by atoms with Crippen molar-refractivity contribution in [1.82, 2.24) is 10.2 Å². The monoisotopic (exact) mass is 316 g/mol. The van der Waals surface area contributed by atoms with Crippen LogP contribution < -0.4 is 5.32 Å². The Morgan fingerprint density at radius 3 is 2.09 bits per heavy atom. The molecule has 5 saturated carbocycles. The number of carbonyl (C=O) groups excluding carboxylic acids is 2. The quantitative estimate of drug-likeness (QED) is 0.811. The molecule has 4 heteroatoms. The maximum Gasteiger partial charge on any atom is 0.325 e. The van der Waals surface area contributed by atoms with Crippen molar-refractivity contribution < 1.29 is 9.59 Å². The average Bonchev–Trinajstić information content (AvgIpc) is 3.03. The highest BCUT2D eigenvalue weighted by molar-refractivity contribution is 6.07. The summed E-state index contributed by atoms with van der Waals surface area (Å²) in [5, 5.41) is 3.03. The molecule has 1 spiro atoms. The normalized spacial score (nSPS) is 43.7. The van der Waals surface area contributed by atoms with Crippen LogP contribution in [-0.2, 0) is 4.79 Å². The van der Waals surface area contributed by atoms with Crippen LogP contribution in [0.1, 0.15) is 70.6 Å². The number of hydrogen-bond donors (Lipinski definition) is 1. The number of carbonyl (C=O) groups is 2. The molecule has 1 saturated heterocycles. The van der Waals surface area contributed by atoms with Crippen molar-refractivity contribution in [3.8, 4) is 0 Å². The van der Waals surface area contributed by atoms with Crippen LogP contribution >= 0.6 is 0 Å². The first-order valence-electron chi connectivity index (χ1n) is 9.72. The van der Waals surface area contributed by atoms with E-state index in [4.69, 9.17) is 0 Å². The Balaban J connectivity index is 1.29. The van der Waals surface area contributed by atoms with E-state index >= 15 is 0 Å². The molecule has 0 aromatic rings. The zero-order valence-corrected chi connectivity index (χ0v) is 14.0. The van der Waals surface area contributed by atoms with E-state index in [0.717, 1.165) is 49.9 Å². The standard InChI is InChI=1S/C19H28N2O2/c22-16-19(3-1-2-4-19)20-17(23)21(16)6-5-18-10-13-7-14(11-18)9-15(8-13)12-18/h13-15H,1-12H2,(H,20,23). The second kappa shape index (κ2) is 4.73. The van der Waals surface area contributed by atoms with Crippen LogP contribution in [0.25, 0.3) is 0 Å². The minimum Gasteiger partial charge on any atom is -0.323 e. The van der Waals surface area contributed by atoms with E-state index in [2.05, 4.69) is 5.32 Å². The van der Waals surface area contributed by atoms with E-state index in [1.165, 1.54) is 38.5 Å². The lowest BCUT2D eigenvalue weighted by molar-refractivity contribution is -0.132. The van der Waals surface area contributed by atoms with Gasteiger partial charge in [-0.2, -0.15) is 0 Å². The molecule has 6 rings (SSSR count). The molecule has 3 amide bonds. The molecule has 0 aromatic carbocycles. The number of urea groups is 1. The van der Waals surface area contributed by atoms with Crippen LogP contribution in [0.3, 0.4) is 0 Å². The first-order chi connectivity index (χ1) is 11.1. The zero-order valence-electron chi connectivity index (χ0n) is 14.0. The molecule has 0 aromatic heterocycles. The number of rotatable bonds is 3.